The molecule has 0 saturated heterocycles. The van der Waals surface area contributed by atoms with Gasteiger partial charge in [-0.2, -0.15) is 8.42 Å². The highest BCUT2D eigenvalue weighted by molar-refractivity contribution is 7.87. The molecule has 0 aliphatic heterocycles. The Hall–Kier alpha value is -2.65. The van der Waals surface area contributed by atoms with Crippen molar-refractivity contribution >= 4 is 33.4 Å². The number of hydrogen-bond donors (Lipinski definition) is 0. The van der Waals surface area contributed by atoms with Crippen LogP contribution in [0.5, 0.6) is 5.75 Å². The monoisotopic (exact) mass is 385 g/mol. The molecule has 10 heteroatoms. The lowest BCUT2D eigenvalue weighted by atomic mass is 10.2. The lowest BCUT2D eigenvalue weighted by Gasteiger charge is -2.09. The van der Waals surface area contributed by atoms with E-state index in [1.54, 1.807) is 0 Å². The third-order valence-electron chi connectivity index (χ3n) is 3.24. The number of hydrogen-bond acceptors (Lipinski definition) is 7. The molecule has 8 nitrogen and oxygen atoms in total. The van der Waals surface area contributed by atoms with E-state index < -0.39 is 31.6 Å². The normalized spacial score (nSPS) is 11.0. The Morgan fingerprint density at radius 1 is 1.24 bits per heavy atom. The van der Waals surface area contributed by atoms with E-state index in [4.69, 9.17) is 15.8 Å². The first-order chi connectivity index (χ1) is 11.7. The maximum absolute atomic E-state index is 12.4. The molecule has 2 rings (SSSR count). The first-order valence-corrected chi connectivity index (χ1v) is 8.51. The number of rotatable bonds is 5. The molecule has 0 saturated carbocycles. The summed E-state index contributed by atoms with van der Waals surface area (Å²) in [6.07, 6.45) is 0. The maximum atomic E-state index is 12.4. The zero-order valence-corrected chi connectivity index (χ0v) is 14.6. The van der Waals surface area contributed by atoms with Crippen molar-refractivity contribution in [3.05, 3.63) is 62.7 Å². The number of carbonyl (C=O) groups excluding carboxylic acids is 1. The van der Waals surface area contributed by atoms with E-state index in [2.05, 4.69) is 4.74 Å². The molecule has 0 spiro atoms. The van der Waals surface area contributed by atoms with E-state index in [1.165, 1.54) is 38.3 Å². The number of methoxy groups -OCH3 is 1. The summed E-state index contributed by atoms with van der Waals surface area (Å²) in [5.74, 6) is -0.820. The summed E-state index contributed by atoms with van der Waals surface area (Å²) < 4.78 is 34.2. The molecule has 0 amide bonds. The number of esters is 1. The van der Waals surface area contributed by atoms with Crippen LogP contribution < -0.4 is 4.18 Å². The van der Waals surface area contributed by atoms with Crippen molar-refractivity contribution in [2.24, 2.45) is 0 Å². The van der Waals surface area contributed by atoms with Gasteiger partial charge in [0.15, 0.2) is 0 Å². The quantitative estimate of drug-likeness (QED) is 0.336. The minimum atomic E-state index is -4.40. The van der Waals surface area contributed by atoms with Crippen molar-refractivity contribution in [3.63, 3.8) is 0 Å². The molecule has 0 fully saturated rings. The average molecular weight is 386 g/mol. The Balaban J connectivity index is 2.44. The van der Waals surface area contributed by atoms with Crippen LogP contribution in [-0.4, -0.2) is 26.4 Å². The molecule has 0 aliphatic carbocycles. The first-order valence-electron chi connectivity index (χ1n) is 6.73. The third-order valence-corrected chi connectivity index (χ3v) is 4.85. The molecule has 2 aromatic carbocycles. The van der Waals surface area contributed by atoms with Crippen molar-refractivity contribution in [1.29, 1.82) is 0 Å². The minimum absolute atomic E-state index is 0.0836. The topological polar surface area (TPSA) is 113 Å². The summed E-state index contributed by atoms with van der Waals surface area (Å²) in [7, 11) is -3.22. The summed E-state index contributed by atoms with van der Waals surface area (Å²) in [5, 5.41) is 10.9. The highest BCUT2D eigenvalue weighted by Crippen LogP contribution is 2.31. The molecular formula is C15H12ClNO7S. The van der Waals surface area contributed by atoms with Gasteiger partial charge < -0.3 is 8.92 Å². The van der Waals surface area contributed by atoms with Crippen LogP contribution in [-0.2, 0) is 14.9 Å². The standard InChI is InChI=1S/C15H12ClNO7S/c1-9-13(16)7-12(8-14(9)17(19)20)25(21,22)24-11-5-3-4-10(6-11)15(18)23-2/h3-8H,1-2H3. The van der Waals surface area contributed by atoms with Gasteiger partial charge in [-0.15, -0.1) is 0 Å². The van der Waals surface area contributed by atoms with Crippen LogP contribution in [0.3, 0.4) is 0 Å². The van der Waals surface area contributed by atoms with Crippen molar-refractivity contribution in [1.82, 2.24) is 0 Å². The SMILES string of the molecule is COC(=O)c1cccc(OS(=O)(=O)c2cc(Cl)c(C)c([N+](=O)[O-])c2)c1. The molecule has 0 radical (unpaired) electrons. The molecule has 25 heavy (non-hydrogen) atoms. The van der Waals surface area contributed by atoms with Gasteiger partial charge in [0.05, 0.1) is 22.6 Å². The Bertz CT molecular complexity index is 956. The van der Waals surface area contributed by atoms with E-state index in [0.29, 0.717) is 0 Å². The van der Waals surface area contributed by atoms with Gasteiger partial charge in [0, 0.05) is 11.6 Å². The predicted octanol–water partition coefficient (Wildman–Crippen LogP) is 3.11. The Morgan fingerprint density at radius 3 is 2.52 bits per heavy atom. The first kappa shape index (κ1) is 18.7. The van der Waals surface area contributed by atoms with Crippen molar-refractivity contribution in [3.8, 4) is 5.75 Å². The molecule has 132 valence electrons. The molecular weight excluding hydrogens is 374 g/mol. The smallest absolute Gasteiger partial charge is 0.339 e. The fourth-order valence-electron chi connectivity index (χ4n) is 1.94. The summed E-state index contributed by atoms with van der Waals surface area (Å²) in [5.41, 5.74) is -0.223. The largest absolute Gasteiger partial charge is 0.465 e. The molecule has 0 unspecified atom stereocenters. The van der Waals surface area contributed by atoms with E-state index in [0.717, 1.165) is 12.1 Å². The highest BCUT2D eigenvalue weighted by Gasteiger charge is 2.24. The molecule has 0 N–H and O–H groups in total. The lowest BCUT2D eigenvalue weighted by molar-refractivity contribution is -0.385. The Kier molecular flexibility index (Phi) is 5.29. The molecule has 0 aromatic heterocycles. The van der Waals surface area contributed by atoms with Crippen molar-refractivity contribution < 1.29 is 27.1 Å². The third kappa shape index (κ3) is 4.06. The molecule has 0 bridgehead atoms. The predicted molar refractivity (Wildman–Crippen MR) is 88.4 cm³/mol. The fraction of sp³-hybridized carbons (Fsp3) is 0.133. The summed E-state index contributed by atoms with van der Waals surface area (Å²) >= 11 is 5.87. The lowest BCUT2D eigenvalue weighted by Crippen LogP contribution is -2.11. The number of ether oxygens (including phenoxy) is 1. The molecule has 0 heterocycles. The van der Waals surface area contributed by atoms with Crippen LogP contribution in [0.1, 0.15) is 15.9 Å². The number of nitro groups is 1. The van der Waals surface area contributed by atoms with Crippen LogP contribution in [0, 0.1) is 17.0 Å². The van der Waals surface area contributed by atoms with E-state index in [1.807, 2.05) is 0 Å². The zero-order chi connectivity index (χ0) is 18.8. The second-order valence-electron chi connectivity index (χ2n) is 4.86. The fourth-order valence-corrected chi connectivity index (χ4v) is 3.19. The van der Waals surface area contributed by atoms with Crippen molar-refractivity contribution in [2.75, 3.05) is 7.11 Å². The summed E-state index contributed by atoms with van der Waals surface area (Å²) in [6.45, 7) is 1.40. The van der Waals surface area contributed by atoms with E-state index in [-0.39, 0.29) is 21.9 Å². The van der Waals surface area contributed by atoms with Gasteiger partial charge in [0.1, 0.15) is 10.6 Å². The van der Waals surface area contributed by atoms with Gasteiger partial charge >= 0.3 is 16.1 Å². The Labute approximate surface area is 148 Å². The van der Waals surface area contributed by atoms with E-state index in [9.17, 15) is 23.3 Å². The number of benzene rings is 2. The highest BCUT2D eigenvalue weighted by atomic mass is 35.5. The van der Waals surface area contributed by atoms with Crippen LogP contribution in [0.15, 0.2) is 41.3 Å². The van der Waals surface area contributed by atoms with Gasteiger partial charge in [0.25, 0.3) is 5.69 Å². The second kappa shape index (κ2) is 7.08. The Morgan fingerprint density at radius 2 is 1.92 bits per heavy atom. The maximum Gasteiger partial charge on any atom is 0.339 e. The molecule has 2 aromatic rings. The van der Waals surface area contributed by atoms with Crippen LogP contribution >= 0.6 is 11.6 Å². The van der Waals surface area contributed by atoms with Crippen molar-refractivity contribution in [2.45, 2.75) is 11.8 Å². The van der Waals surface area contributed by atoms with Crippen LogP contribution in [0.2, 0.25) is 5.02 Å². The summed E-state index contributed by atoms with van der Waals surface area (Å²) in [6, 6.07) is 7.23. The van der Waals surface area contributed by atoms with Gasteiger partial charge in [0.2, 0.25) is 0 Å². The summed E-state index contributed by atoms with van der Waals surface area (Å²) in [4.78, 5) is 21.3. The number of nitrogens with zero attached hydrogens (tertiary/aromatic N) is 1. The molecule has 0 atom stereocenters. The second-order valence-corrected chi connectivity index (χ2v) is 6.82. The van der Waals surface area contributed by atoms with Crippen LogP contribution in [0.25, 0.3) is 0 Å². The van der Waals surface area contributed by atoms with Gasteiger partial charge in [-0.1, -0.05) is 17.7 Å². The van der Waals surface area contributed by atoms with Crippen LogP contribution in [0.4, 0.5) is 5.69 Å². The van der Waals surface area contributed by atoms with Gasteiger partial charge in [-0.05, 0) is 31.2 Å². The number of carbonyl (C=O) groups is 1. The zero-order valence-electron chi connectivity index (χ0n) is 13.1. The van der Waals surface area contributed by atoms with Gasteiger partial charge in [-0.3, -0.25) is 10.1 Å². The van der Waals surface area contributed by atoms with Gasteiger partial charge in [-0.25, -0.2) is 4.79 Å². The minimum Gasteiger partial charge on any atom is -0.465 e. The molecule has 0 aliphatic rings. The number of nitro benzene ring substituents is 1. The average Bonchev–Trinajstić information content (AvgIpc) is 2.55. The number of halogens is 1. The van der Waals surface area contributed by atoms with E-state index >= 15 is 0 Å².